The largest absolute Gasteiger partial charge is 0.366 e. The van der Waals surface area contributed by atoms with Gasteiger partial charge in [0.1, 0.15) is 0 Å². The highest BCUT2D eigenvalue weighted by Crippen LogP contribution is 2.41. The third kappa shape index (κ3) is 2.96. The maximum Gasteiger partial charge on any atom is 0.248 e. The molecule has 0 unspecified atom stereocenters. The van der Waals surface area contributed by atoms with Crippen LogP contribution < -0.4 is 5.73 Å². The van der Waals surface area contributed by atoms with Crippen LogP contribution in [0.3, 0.4) is 0 Å². The summed E-state index contributed by atoms with van der Waals surface area (Å²) in [5, 5.41) is 5.36. The number of nitrogens with zero attached hydrogens (tertiary/aromatic N) is 6. The standard InChI is InChI=1S/C21H23N7O/c1-21(2)7-17(26(3)12-21)15-10-27-11-19(23-9-18(27)25-15)28-16-6-13(20(22)29)4-5-14(16)8-24-28/h4-6,8-11,17H,7,12H2,1-3H3,(H2,22,29)/t17-/m1/s1. The molecule has 0 spiro atoms. The summed E-state index contributed by atoms with van der Waals surface area (Å²) in [4.78, 5) is 23.3. The van der Waals surface area contributed by atoms with Crippen LogP contribution in [0, 0.1) is 5.41 Å². The number of carbonyl (C=O) groups excluding carboxylic acids is 1. The van der Waals surface area contributed by atoms with E-state index in [1.54, 1.807) is 29.2 Å². The number of carbonyl (C=O) groups is 1. The van der Waals surface area contributed by atoms with E-state index in [9.17, 15) is 4.79 Å². The molecule has 1 aliphatic rings. The second-order valence-corrected chi connectivity index (χ2v) is 8.67. The smallest absolute Gasteiger partial charge is 0.248 e. The first-order valence-electron chi connectivity index (χ1n) is 9.64. The molecule has 0 aliphatic carbocycles. The number of hydrogen-bond donors (Lipinski definition) is 1. The van der Waals surface area contributed by atoms with Crippen molar-refractivity contribution in [3.05, 3.63) is 54.2 Å². The predicted molar refractivity (Wildman–Crippen MR) is 110 cm³/mol. The summed E-state index contributed by atoms with van der Waals surface area (Å²) in [5.74, 6) is 0.184. The normalized spacial score (nSPS) is 19.3. The summed E-state index contributed by atoms with van der Waals surface area (Å²) in [6.45, 7) is 5.64. The monoisotopic (exact) mass is 389 g/mol. The van der Waals surface area contributed by atoms with Gasteiger partial charge >= 0.3 is 0 Å². The van der Waals surface area contributed by atoms with Crippen molar-refractivity contribution in [1.29, 1.82) is 0 Å². The molecule has 0 radical (unpaired) electrons. The predicted octanol–water partition coefficient (Wildman–Crippen LogP) is 2.57. The summed E-state index contributed by atoms with van der Waals surface area (Å²) in [5.41, 5.74) is 8.79. The molecule has 8 heteroatoms. The average Bonchev–Trinajstić information content (AvgIpc) is 3.34. The number of amides is 1. The Balaban J connectivity index is 1.56. The van der Waals surface area contributed by atoms with E-state index in [0.29, 0.717) is 17.4 Å². The van der Waals surface area contributed by atoms with Crippen LogP contribution in [-0.4, -0.2) is 48.5 Å². The highest BCUT2D eigenvalue weighted by Gasteiger charge is 2.37. The first kappa shape index (κ1) is 17.8. The topological polar surface area (TPSA) is 94.3 Å². The fourth-order valence-electron chi connectivity index (χ4n) is 4.39. The van der Waals surface area contributed by atoms with Crippen LogP contribution in [0.25, 0.3) is 22.4 Å². The molecule has 1 amide bonds. The lowest BCUT2D eigenvalue weighted by atomic mass is 9.90. The second kappa shape index (κ2) is 6.12. The molecule has 1 aliphatic heterocycles. The lowest BCUT2D eigenvalue weighted by Crippen LogP contribution is -2.20. The molecule has 3 aromatic heterocycles. The van der Waals surface area contributed by atoms with Crippen LogP contribution in [0.1, 0.15) is 42.4 Å². The first-order valence-corrected chi connectivity index (χ1v) is 9.64. The summed E-state index contributed by atoms with van der Waals surface area (Å²) >= 11 is 0. The maximum absolute atomic E-state index is 11.6. The fraction of sp³-hybridized carbons (Fsp3) is 0.333. The summed E-state index contributed by atoms with van der Waals surface area (Å²) in [6.07, 6.45) is 8.57. The van der Waals surface area contributed by atoms with Crippen molar-refractivity contribution in [2.75, 3.05) is 13.6 Å². The third-order valence-electron chi connectivity index (χ3n) is 5.72. The zero-order chi connectivity index (χ0) is 20.3. The molecule has 1 atom stereocenters. The molecule has 4 heterocycles. The van der Waals surface area contributed by atoms with Crippen molar-refractivity contribution in [3.8, 4) is 5.82 Å². The van der Waals surface area contributed by atoms with Gasteiger partial charge in [0.2, 0.25) is 5.91 Å². The Morgan fingerprint density at radius 3 is 2.79 bits per heavy atom. The van der Waals surface area contributed by atoms with Gasteiger partial charge in [-0.25, -0.2) is 14.6 Å². The zero-order valence-electron chi connectivity index (χ0n) is 16.7. The molecule has 1 fully saturated rings. The minimum atomic E-state index is -0.467. The molecule has 29 heavy (non-hydrogen) atoms. The van der Waals surface area contributed by atoms with Gasteiger partial charge in [-0.3, -0.25) is 9.69 Å². The van der Waals surface area contributed by atoms with Gasteiger partial charge in [-0.15, -0.1) is 0 Å². The van der Waals surface area contributed by atoms with Gasteiger partial charge in [-0.2, -0.15) is 5.10 Å². The van der Waals surface area contributed by atoms with Crippen molar-refractivity contribution in [1.82, 2.24) is 29.0 Å². The van der Waals surface area contributed by atoms with Crippen LogP contribution in [0.2, 0.25) is 0 Å². The summed E-state index contributed by atoms with van der Waals surface area (Å²) < 4.78 is 3.70. The Labute approximate surface area is 168 Å². The molecule has 1 aromatic carbocycles. The number of nitrogens with two attached hydrogens (primary N) is 1. The quantitative estimate of drug-likeness (QED) is 0.581. The number of hydrogen-bond acceptors (Lipinski definition) is 5. The SMILES string of the molecule is CN1CC(C)(C)C[C@@H]1c1cn2cc(-n3ncc4ccc(C(N)=O)cc43)ncc2n1. The maximum atomic E-state index is 11.6. The number of likely N-dealkylation sites (tertiary alicyclic amines) is 1. The highest BCUT2D eigenvalue weighted by atomic mass is 16.1. The van der Waals surface area contributed by atoms with Gasteiger partial charge in [0.15, 0.2) is 11.5 Å². The van der Waals surface area contributed by atoms with Crippen molar-refractivity contribution >= 4 is 22.5 Å². The number of rotatable bonds is 3. The van der Waals surface area contributed by atoms with Crippen molar-refractivity contribution in [2.45, 2.75) is 26.3 Å². The third-order valence-corrected chi connectivity index (χ3v) is 5.72. The van der Waals surface area contributed by atoms with Gasteiger partial charge in [-0.05, 0) is 31.0 Å². The van der Waals surface area contributed by atoms with E-state index in [1.165, 1.54) is 0 Å². The van der Waals surface area contributed by atoms with Crippen LogP contribution in [-0.2, 0) is 0 Å². The van der Waals surface area contributed by atoms with E-state index in [2.05, 4.69) is 42.1 Å². The molecular weight excluding hydrogens is 366 g/mol. The average molecular weight is 389 g/mol. The van der Waals surface area contributed by atoms with E-state index in [-0.39, 0.29) is 5.41 Å². The Morgan fingerprint density at radius 2 is 2.07 bits per heavy atom. The number of aromatic nitrogens is 5. The van der Waals surface area contributed by atoms with E-state index in [4.69, 9.17) is 10.7 Å². The van der Waals surface area contributed by atoms with Gasteiger partial charge in [0.25, 0.3) is 0 Å². The Kier molecular flexibility index (Phi) is 3.76. The van der Waals surface area contributed by atoms with Gasteiger partial charge in [0.05, 0.1) is 35.8 Å². The van der Waals surface area contributed by atoms with Crippen molar-refractivity contribution in [3.63, 3.8) is 0 Å². The van der Waals surface area contributed by atoms with Crippen LogP contribution in [0.15, 0.2) is 43.0 Å². The number of primary amides is 1. The number of fused-ring (bicyclic) bond motifs is 2. The lowest BCUT2D eigenvalue weighted by Gasteiger charge is -2.16. The Hall–Kier alpha value is -3.26. The molecule has 0 saturated carbocycles. The molecular formula is C21H23N7O. The molecule has 148 valence electrons. The van der Waals surface area contributed by atoms with E-state index < -0.39 is 5.91 Å². The van der Waals surface area contributed by atoms with E-state index >= 15 is 0 Å². The highest BCUT2D eigenvalue weighted by molar-refractivity contribution is 5.97. The van der Waals surface area contributed by atoms with Gasteiger partial charge in [0, 0.05) is 23.7 Å². The summed E-state index contributed by atoms with van der Waals surface area (Å²) in [6, 6.07) is 5.59. The molecule has 0 bridgehead atoms. The van der Waals surface area contributed by atoms with Crippen molar-refractivity contribution < 1.29 is 4.79 Å². The Bertz CT molecular complexity index is 1250. The molecule has 2 N–H and O–H groups in total. The van der Waals surface area contributed by atoms with E-state index in [0.717, 1.165) is 35.2 Å². The van der Waals surface area contributed by atoms with Crippen LogP contribution >= 0.6 is 0 Å². The van der Waals surface area contributed by atoms with Crippen molar-refractivity contribution in [2.24, 2.45) is 11.1 Å². The lowest BCUT2D eigenvalue weighted by molar-refractivity contribution is 0.100. The number of imidazole rings is 1. The Morgan fingerprint density at radius 1 is 1.24 bits per heavy atom. The molecule has 5 rings (SSSR count). The zero-order valence-corrected chi connectivity index (χ0v) is 16.7. The fourth-order valence-corrected chi connectivity index (χ4v) is 4.39. The van der Waals surface area contributed by atoms with Crippen LogP contribution in [0.5, 0.6) is 0 Å². The van der Waals surface area contributed by atoms with Crippen LogP contribution in [0.4, 0.5) is 0 Å². The molecule has 1 saturated heterocycles. The summed E-state index contributed by atoms with van der Waals surface area (Å²) in [7, 11) is 2.15. The molecule has 4 aromatic rings. The van der Waals surface area contributed by atoms with Gasteiger partial charge < -0.3 is 10.1 Å². The second-order valence-electron chi connectivity index (χ2n) is 8.67. The van der Waals surface area contributed by atoms with Gasteiger partial charge in [-0.1, -0.05) is 19.9 Å². The minimum Gasteiger partial charge on any atom is -0.366 e. The number of benzene rings is 1. The minimum absolute atomic E-state index is 0.282. The molecule has 8 nitrogen and oxygen atoms in total. The van der Waals surface area contributed by atoms with E-state index in [1.807, 2.05) is 16.7 Å². The first-order chi connectivity index (χ1) is 13.8.